The molecule has 2 aliphatic rings. The molecule has 1 N–H and O–H groups in total. The second-order valence-electron chi connectivity index (χ2n) is 6.94. The summed E-state index contributed by atoms with van der Waals surface area (Å²) in [4.78, 5) is 38.0. The number of para-hydroxylation sites is 1. The van der Waals surface area contributed by atoms with Gasteiger partial charge >= 0.3 is 0 Å². The topological polar surface area (TPSA) is 75.7 Å². The van der Waals surface area contributed by atoms with Gasteiger partial charge in [0.25, 0.3) is 0 Å². The minimum atomic E-state index is -0.144. The lowest BCUT2D eigenvalue weighted by Crippen LogP contribution is -2.35. The molecule has 0 spiro atoms. The van der Waals surface area contributed by atoms with Crippen LogP contribution in [0.25, 0.3) is 0 Å². The van der Waals surface area contributed by atoms with E-state index in [4.69, 9.17) is 4.74 Å². The number of carbonyl (C=O) groups excluding carboxylic acids is 3. The fraction of sp³-hybridized carbons (Fsp3) is 0.550. The highest BCUT2D eigenvalue weighted by molar-refractivity contribution is 6.05. The summed E-state index contributed by atoms with van der Waals surface area (Å²) in [7, 11) is 0. The number of hydrogen-bond acceptors (Lipinski definition) is 4. The first-order valence-corrected chi connectivity index (χ1v) is 9.46. The number of fused-ring (bicyclic) bond motifs is 1. The molecule has 1 aliphatic heterocycles. The minimum Gasteiger partial charge on any atom is -0.494 e. The minimum absolute atomic E-state index is 0.0799. The van der Waals surface area contributed by atoms with Gasteiger partial charge < -0.3 is 10.1 Å². The van der Waals surface area contributed by atoms with Crippen LogP contribution in [-0.4, -0.2) is 42.3 Å². The summed E-state index contributed by atoms with van der Waals surface area (Å²) in [5, 5.41) is 2.82. The number of benzene rings is 1. The van der Waals surface area contributed by atoms with E-state index >= 15 is 0 Å². The van der Waals surface area contributed by atoms with E-state index in [0.29, 0.717) is 19.6 Å². The van der Waals surface area contributed by atoms with Crippen LogP contribution in [0, 0.1) is 11.8 Å². The Labute approximate surface area is 153 Å². The van der Waals surface area contributed by atoms with E-state index in [-0.39, 0.29) is 42.5 Å². The molecule has 1 aliphatic carbocycles. The Morgan fingerprint density at radius 2 is 1.73 bits per heavy atom. The van der Waals surface area contributed by atoms with E-state index in [0.717, 1.165) is 31.4 Å². The second-order valence-corrected chi connectivity index (χ2v) is 6.94. The maximum absolute atomic E-state index is 12.4. The smallest absolute Gasteiger partial charge is 0.233 e. The number of rotatable bonds is 8. The third kappa shape index (κ3) is 4.42. The van der Waals surface area contributed by atoms with Crippen molar-refractivity contribution in [1.82, 2.24) is 10.2 Å². The Morgan fingerprint density at radius 3 is 2.38 bits per heavy atom. The molecular formula is C20H26N2O4. The molecule has 140 valence electrons. The van der Waals surface area contributed by atoms with Crippen LogP contribution >= 0.6 is 0 Å². The largest absolute Gasteiger partial charge is 0.494 e. The zero-order chi connectivity index (χ0) is 18.4. The molecule has 6 heteroatoms. The number of amides is 3. The summed E-state index contributed by atoms with van der Waals surface area (Å²) in [5.74, 6) is 0.225. The van der Waals surface area contributed by atoms with Gasteiger partial charge in [0.2, 0.25) is 17.7 Å². The van der Waals surface area contributed by atoms with E-state index in [1.54, 1.807) is 0 Å². The van der Waals surface area contributed by atoms with Gasteiger partial charge in [-0.2, -0.15) is 0 Å². The van der Waals surface area contributed by atoms with Crippen molar-refractivity contribution in [2.24, 2.45) is 11.8 Å². The van der Waals surface area contributed by atoms with Gasteiger partial charge in [-0.15, -0.1) is 0 Å². The van der Waals surface area contributed by atoms with Gasteiger partial charge in [-0.05, 0) is 31.4 Å². The highest BCUT2D eigenvalue weighted by Gasteiger charge is 2.47. The molecule has 2 fully saturated rings. The lowest BCUT2D eigenvalue weighted by atomic mass is 9.81. The average molecular weight is 358 g/mol. The lowest BCUT2D eigenvalue weighted by molar-refractivity contribution is -0.140. The van der Waals surface area contributed by atoms with Gasteiger partial charge in [0.1, 0.15) is 5.75 Å². The number of ether oxygens (including phenoxy) is 1. The fourth-order valence-corrected chi connectivity index (χ4v) is 3.76. The SMILES string of the molecule is O=C(CCN1C(=O)C2CCCCC2C1=O)NCCCOc1ccccc1. The van der Waals surface area contributed by atoms with E-state index in [1.165, 1.54) is 4.90 Å². The number of nitrogens with zero attached hydrogens (tertiary/aromatic N) is 1. The van der Waals surface area contributed by atoms with E-state index in [2.05, 4.69) is 5.32 Å². The standard InChI is InChI=1S/C20H26N2O4/c23-18(21-12-6-14-26-15-7-2-1-3-8-15)11-13-22-19(24)16-9-4-5-10-17(16)20(22)25/h1-3,7-8,16-17H,4-6,9-14H2,(H,21,23). The molecule has 1 saturated heterocycles. The van der Waals surface area contributed by atoms with Crippen molar-refractivity contribution in [3.05, 3.63) is 30.3 Å². The van der Waals surface area contributed by atoms with Crippen molar-refractivity contribution in [2.75, 3.05) is 19.7 Å². The van der Waals surface area contributed by atoms with Crippen LogP contribution in [0.15, 0.2) is 30.3 Å². The first-order chi connectivity index (χ1) is 12.7. The third-order valence-electron chi connectivity index (χ3n) is 5.15. The number of carbonyl (C=O) groups is 3. The van der Waals surface area contributed by atoms with E-state index < -0.39 is 0 Å². The molecule has 26 heavy (non-hydrogen) atoms. The van der Waals surface area contributed by atoms with Gasteiger partial charge in [0.15, 0.2) is 0 Å². The maximum atomic E-state index is 12.4. The van der Waals surface area contributed by atoms with Crippen LogP contribution in [-0.2, 0) is 14.4 Å². The zero-order valence-corrected chi connectivity index (χ0v) is 15.0. The van der Waals surface area contributed by atoms with Gasteiger partial charge in [-0.1, -0.05) is 31.0 Å². The molecule has 1 heterocycles. The monoisotopic (exact) mass is 358 g/mol. The molecule has 1 aromatic carbocycles. The summed E-state index contributed by atoms with van der Waals surface area (Å²) in [5.41, 5.74) is 0. The number of likely N-dealkylation sites (tertiary alicyclic amines) is 1. The van der Waals surface area contributed by atoms with Crippen molar-refractivity contribution < 1.29 is 19.1 Å². The van der Waals surface area contributed by atoms with Crippen LogP contribution in [0.4, 0.5) is 0 Å². The molecular weight excluding hydrogens is 332 g/mol. The molecule has 0 radical (unpaired) electrons. The summed E-state index contributed by atoms with van der Waals surface area (Å²) in [6.45, 7) is 1.23. The van der Waals surface area contributed by atoms with Gasteiger partial charge in [-0.25, -0.2) is 0 Å². The lowest BCUT2D eigenvalue weighted by Gasteiger charge is -2.19. The van der Waals surface area contributed by atoms with Crippen molar-refractivity contribution in [2.45, 2.75) is 38.5 Å². The van der Waals surface area contributed by atoms with Crippen LogP contribution in [0.1, 0.15) is 38.5 Å². The van der Waals surface area contributed by atoms with Gasteiger partial charge in [0.05, 0.1) is 18.4 Å². The fourth-order valence-electron chi connectivity index (χ4n) is 3.76. The Kier molecular flexibility index (Phi) is 6.26. The molecule has 6 nitrogen and oxygen atoms in total. The van der Waals surface area contributed by atoms with Crippen LogP contribution in [0.5, 0.6) is 5.75 Å². The van der Waals surface area contributed by atoms with Crippen molar-refractivity contribution >= 4 is 17.7 Å². The molecule has 3 amide bonds. The summed E-state index contributed by atoms with van der Waals surface area (Å²) < 4.78 is 5.56. The van der Waals surface area contributed by atoms with Crippen molar-refractivity contribution in [3.8, 4) is 5.75 Å². The molecule has 0 bridgehead atoms. The highest BCUT2D eigenvalue weighted by atomic mass is 16.5. The van der Waals surface area contributed by atoms with Crippen molar-refractivity contribution in [1.29, 1.82) is 0 Å². The second kappa shape index (κ2) is 8.83. The number of nitrogens with one attached hydrogen (secondary N) is 1. The van der Waals surface area contributed by atoms with Crippen LogP contribution in [0.2, 0.25) is 0 Å². The predicted octanol–water partition coefficient (Wildman–Crippen LogP) is 2.14. The van der Waals surface area contributed by atoms with Gasteiger partial charge in [-0.3, -0.25) is 19.3 Å². The quantitative estimate of drug-likeness (QED) is 0.571. The van der Waals surface area contributed by atoms with E-state index in [1.807, 2.05) is 30.3 Å². The summed E-state index contributed by atoms with van der Waals surface area (Å²) >= 11 is 0. The summed E-state index contributed by atoms with van der Waals surface area (Å²) in [6, 6.07) is 9.53. The Hall–Kier alpha value is -2.37. The zero-order valence-electron chi connectivity index (χ0n) is 15.0. The first kappa shape index (κ1) is 18.4. The maximum Gasteiger partial charge on any atom is 0.233 e. The summed E-state index contributed by atoms with van der Waals surface area (Å²) in [6.07, 6.45) is 4.50. The predicted molar refractivity (Wildman–Crippen MR) is 96.3 cm³/mol. The molecule has 2 unspecified atom stereocenters. The molecule has 0 aromatic heterocycles. The van der Waals surface area contributed by atoms with Gasteiger partial charge in [0, 0.05) is 19.5 Å². The Balaban J connectivity index is 1.32. The number of hydrogen-bond donors (Lipinski definition) is 1. The van der Waals surface area contributed by atoms with Crippen LogP contribution in [0.3, 0.4) is 0 Å². The first-order valence-electron chi connectivity index (χ1n) is 9.46. The Bertz CT molecular complexity index is 622. The molecule has 3 rings (SSSR count). The number of imide groups is 1. The van der Waals surface area contributed by atoms with Crippen LogP contribution < -0.4 is 10.1 Å². The Morgan fingerprint density at radius 1 is 1.08 bits per heavy atom. The molecule has 2 atom stereocenters. The highest BCUT2D eigenvalue weighted by Crippen LogP contribution is 2.37. The molecule has 1 saturated carbocycles. The van der Waals surface area contributed by atoms with E-state index in [9.17, 15) is 14.4 Å². The molecule has 1 aromatic rings. The van der Waals surface area contributed by atoms with Crippen molar-refractivity contribution in [3.63, 3.8) is 0 Å². The normalized spacial score (nSPS) is 22.2. The average Bonchev–Trinajstić information content (AvgIpc) is 2.91. The third-order valence-corrected chi connectivity index (χ3v) is 5.15.